The molecule has 0 aromatic rings. The monoisotopic (exact) mass is 367 g/mol. The van der Waals surface area contributed by atoms with Crippen molar-refractivity contribution in [3.63, 3.8) is 0 Å². The Balaban J connectivity index is 0. The standard InChI is InChI=1S/C10H14BO6.C5H7BO3/c1-5-9(12)14-7(3)16-11-17-8(4)15-10(13)6-2;1-3-5(7)8-4(2)9-6/h5-8H,1-2H2,3-4H3;3-4H,1H2,2H3. The largest absolute Gasteiger partial charge is 0.493 e. The molecule has 0 heterocycles. The number of carbonyl (C=O) groups is 3. The topological polar surface area (TPSA) is 107 Å². The van der Waals surface area contributed by atoms with Gasteiger partial charge in [-0.25, -0.2) is 14.4 Å². The van der Waals surface area contributed by atoms with E-state index in [4.69, 9.17) is 9.31 Å². The third-order valence-corrected chi connectivity index (χ3v) is 2.03. The van der Waals surface area contributed by atoms with Crippen molar-refractivity contribution in [2.45, 2.75) is 39.6 Å². The molecule has 0 spiro atoms. The Bertz CT molecular complexity index is 454. The van der Waals surface area contributed by atoms with Crippen LogP contribution in [-0.4, -0.2) is 52.5 Å². The van der Waals surface area contributed by atoms with E-state index in [9.17, 15) is 14.4 Å². The number of rotatable bonds is 11. The van der Waals surface area contributed by atoms with Crippen LogP contribution in [0.2, 0.25) is 0 Å². The average molecular weight is 367 g/mol. The highest BCUT2D eigenvalue weighted by atomic mass is 16.8. The Labute approximate surface area is 154 Å². The van der Waals surface area contributed by atoms with E-state index >= 15 is 0 Å². The second kappa shape index (κ2) is 16.1. The lowest BCUT2D eigenvalue weighted by Crippen LogP contribution is -2.24. The highest BCUT2D eigenvalue weighted by Gasteiger charge is 2.12. The molecular weight excluding hydrogens is 346 g/mol. The lowest BCUT2D eigenvalue weighted by atomic mass is 10.4. The van der Waals surface area contributed by atoms with Crippen LogP contribution in [0.3, 0.4) is 0 Å². The number of hydrogen-bond acceptors (Lipinski definition) is 9. The third-order valence-electron chi connectivity index (χ3n) is 2.03. The molecule has 141 valence electrons. The zero-order chi connectivity index (χ0) is 20.5. The predicted octanol–water partition coefficient (Wildman–Crippen LogP) is 0.866. The van der Waals surface area contributed by atoms with Crippen LogP contribution in [0, 0.1) is 0 Å². The minimum absolute atomic E-state index is 0.548. The highest BCUT2D eigenvalue weighted by Crippen LogP contribution is 1.98. The maximum atomic E-state index is 10.7. The minimum Gasteiger partial charge on any atom is -0.434 e. The van der Waals surface area contributed by atoms with Gasteiger partial charge in [-0.15, -0.1) is 0 Å². The molecule has 0 aromatic carbocycles. The summed E-state index contributed by atoms with van der Waals surface area (Å²) < 4.78 is 27.6. The van der Waals surface area contributed by atoms with Crippen LogP contribution >= 0.6 is 0 Å². The van der Waals surface area contributed by atoms with E-state index in [2.05, 4.69) is 46.7 Å². The molecule has 0 amide bonds. The van der Waals surface area contributed by atoms with Crippen molar-refractivity contribution < 1.29 is 42.6 Å². The summed E-state index contributed by atoms with van der Waals surface area (Å²) in [6.45, 7) is 14.1. The average Bonchev–Trinajstić information content (AvgIpc) is 2.61. The van der Waals surface area contributed by atoms with Gasteiger partial charge >= 0.3 is 25.6 Å². The van der Waals surface area contributed by atoms with Gasteiger partial charge in [0.2, 0.25) is 0 Å². The molecule has 0 saturated heterocycles. The molecular formula is C15H21B2O9. The van der Waals surface area contributed by atoms with Crippen molar-refractivity contribution in [2.75, 3.05) is 0 Å². The van der Waals surface area contributed by atoms with E-state index in [-0.39, 0.29) is 0 Å². The maximum Gasteiger partial charge on any atom is 0.493 e. The molecule has 0 saturated carbocycles. The Morgan fingerprint density at radius 2 is 1.08 bits per heavy atom. The lowest BCUT2D eigenvalue weighted by molar-refractivity contribution is -0.162. The molecule has 0 aliphatic carbocycles. The van der Waals surface area contributed by atoms with Crippen LogP contribution in [-0.2, 0) is 42.6 Å². The van der Waals surface area contributed by atoms with E-state index in [1.807, 2.05) is 0 Å². The number of ether oxygens (including phenoxy) is 3. The highest BCUT2D eigenvalue weighted by molar-refractivity contribution is 6.18. The second-order valence-electron chi connectivity index (χ2n) is 4.13. The van der Waals surface area contributed by atoms with Crippen molar-refractivity contribution in [2.24, 2.45) is 0 Å². The molecule has 0 aliphatic heterocycles. The molecule has 9 nitrogen and oxygen atoms in total. The minimum atomic E-state index is -0.831. The zero-order valence-electron chi connectivity index (χ0n) is 14.9. The maximum absolute atomic E-state index is 10.7. The van der Waals surface area contributed by atoms with E-state index in [0.717, 1.165) is 25.9 Å². The molecule has 0 aliphatic rings. The first-order valence-electron chi connectivity index (χ1n) is 7.17. The first-order chi connectivity index (χ1) is 12.2. The van der Waals surface area contributed by atoms with Crippen molar-refractivity contribution >= 4 is 33.6 Å². The van der Waals surface area contributed by atoms with Crippen molar-refractivity contribution in [1.29, 1.82) is 0 Å². The summed E-state index contributed by atoms with van der Waals surface area (Å²) in [4.78, 5) is 31.8. The van der Waals surface area contributed by atoms with Crippen LogP contribution < -0.4 is 0 Å². The van der Waals surface area contributed by atoms with Crippen LogP contribution in [0.15, 0.2) is 38.0 Å². The van der Waals surface area contributed by atoms with Gasteiger partial charge in [0.1, 0.15) is 0 Å². The van der Waals surface area contributed by atoms with Crippen molar-refractivity contribution in [1.82, 2.24) is 0 Å². The molecule has 3 unspecified atom stereocenters. The first-order valence-corrected chi connectivity index (χ1v) is 7.17. The van der Waals surface area contributed by atoms with Crippen molar-refractivity contribution in [3.05, 3.63) is 38.0 Å². The second-order valence-corrected chi connectivity index (χ2v) is 4.13. The Hall–Kier alpha value is -2.36. The Morgan fingerprint density at radius 1 is 0.769 bits per heavy atom. The predicted molar refractivity (Wildman–Crippen MR) is 92.0 cm³/mol. The fourth-order valence-electron chi connectivity index (χ4n) is 0.907. The molecule has 0 fully saturated rings. The van der Waals surface area contributed by atoms with Gasteiger partial charge < -0.3 is 28.2 Å². The molecule has 0 rings (SSSR count). The van der Waals surface area contributed by atoms with Gasteiger partial charge in [0, 0.05) is 18.2 Å². The van der Waals surface area contributed by atoms with E-state index < -0.39 is 36.8 Å². The summed E-state index contributed by atoms with van der Waals surface area (Å²) in [5.41, 5.74) is 0. The van der Waals surface area contributed by atoms with Gasteiger partial charge in [-0.3, -0.25) is 0 Å². The van der Waals surface area contributed by atoms with E-state index in [1.54, 1.807) is 0 Å². The fraction of sp³-hybridized carbons (Fsp3) is 0.400. The van der Waals surface area contributed by atoms with Gasteiger partial charge in [0.15, 0.2) is 18.9 Å². The van der Waals surface area contributed by atoms with Gasteiger partial charge in [-0.05, 0) is 20.8 Å². The molecule has 11 heteroatoms. The van der Waals surface area contributed by atoms with Gasteiger partial charge in [-0.2, -0.15) is 0 Å². The first kappa shape index (κ1) is 25.9. The van der Waals surface area contributed by atoms with Gasteiger partial charge in [0.05, 0.1) is 0 Å². The number of hydrogen-bond donors (Lipinski definition) is 0. The summed E-state index contributed by atoms with van der Waals surface area (Å²) >= 11 is 0. The summed E-state index contributed by atoms with van der Waals surface area (Å²) in [6, 6.07) is 0. The van der Waals surface area contributed by atoms with Crippen molar-refractivity contribution in [3.8, 4) is 0 Å². The lowest BCUT2D eigenvalue weighted by Gasteiger charge is -2.15. The van der Waals surface area contributed by atoms with Crippen LogP contribution in [0.1, 0.15) is 20.8 Å². The summed E-state index contributed by atoms with van der Waals surface area (Å²) in [6.07, 6.45) is 0.682. The van der Waals surface area contributed by atoms with Crippen LogP contribution in [0.5, 0.6) is 0 Å². The summed E-state index contributed by atoms with van der Waals surface area (Å²) in [5, 5.41) is 0. The van der Waals surface area contributed by atoms with E-state index in [1.165, 1.54) is 20.8 Å². The summed E-state index contributed by atoms with van der Waals surface area (Å²) in [5.74, 6) is -1.78. The van der Waals surface area contributed by atoms with Crippen LogP contribution in [0.4, 0.5) is 0 Å². The van der Waals surface area contributed by atoms with Gasteiger partial charge in [0.25, 0.3) is 8.05 Å². The molecule has 0 aromatic heterocycles. The Morgan fingerprint density at radius 3 is 1.35 bits per heavy atom. The summed E-state index contributed by atoms with van der Waals surface area (Å²) in [7, 11) is 5.58. The zero-order valence-corrected chi connectivity index (χ0v) is 14.9. The smallest absolute Gasteiger partial charge is 0.434 e. The third kappa shape index (κ3) is 16.5. The Kier molecular flexibility index (Phi) is 16.0. The quantitative estimate of drug-likeness (QED) is 0.173. The van der Waals surface area contributed by atoms with Crippen LogP contribution in [0.25, 0.3) is 0 Å². The molecule has 26 heavy (non-hydrogen) atoms. The molecule has 3 atom stereocenters. The normalized spacial score (nSPS) is 12.7. The molecule has 3 radical (unpaired) electrons. The van der Waals surface area contributed by atoms with Gasteiger partial charge in [-0.1, -0.05) is 19.7 Å². The molecule has 0 bridgehead atoms. The fourth-order valence-corrected chi connectivity index (χ4v) is 0.907. The number of carbonyl (C=O) groups excluding carboxylic acids is 3. The molecule has 0 N–H and O–H groups in total. The van der Waals surface area contributed by atoms with E-state index in [0.29, 0.717) is 0 Å². The SMILES string of the molecule is C=CC(=O)OC(C)O[B]OC(C)OC(=O)C=C.[B]OC(C)OC(=O)C=C. The number of esters is 3.